The largest absolute Gasteiger partial charge is 0.395 e. The summed E-state index contributed by atoms with van der Waals surface area (Å²) in [6.45, 7) is 4.28. The van der Waals surface area contributed by atoms with Gasteiger partial charge in [-0.1, -0.05) is 35.3 Å². The molecule has 0 radical (unpaired) electrons. The first-order valence-corrected chi connectivity index (χ1v) is 17.6. The number of carbonyl (C=O) groups is 2. The monoisotopic (exact) mass is 652 g/mol. The third-order valence-electron chi connectivity index (χ3n) is 8.45. The van der Waals surface area contributed by atoms with Crippen molar-refractivity contribution in [2.75, 3.05) is 63.6 Å². The summed E-state index contributed by atoms with van der Waals surface area (Å²) in [5.74, 6) is 0.164. The molecule has 2 aromatic carbocycles. The highest BCUT2D eigenvalue weighted by molar-refractivity contribution is 7.88. The van der Waals surface area contributed by atoms with Crippen LogP contribution in [-0.4, -0.2) is 93.2 Å². The maximum Gasteiger partial charge on any atom is 0.251 e. The van der Waals surface area contributed by atoms with Gasteiger partial charge in [0, 0.05) is 43.3 Å². The Morgan fingerprint density at radius 3 is 2.26 bits per heavy atom. The van der Waals surface area contributed by atoms with Crippen molar-refractivity contribution in [1.29, 1.82) is 0 Å². The SMILES string of the molecule is CS(=O)(=O)N1CCC(C(=O)N(CCCN2CCC(Cc3ccc(C(=O)NCCO)cc3)CC2)c2ccc(Cl)c(Cl)c2)CC1. The minimum Gasteiger partial charge on any atom is -0.395 e. The molecule has 0 bridgehead atoms. The van der Waals surface area contributed by atoms with Crippen LogP contribution in [0.15, 0.2) is 42.5 Å². The lowest BCUT2D eigenvalue weighted by atomic mass is 9.90. The van der Waals surface area contributed by atoms with Gasteiger partial charge in [0.2, 0.25) is 15.9 Å². The molecule has 2 amide bonds. The number of aliphatic hydroxyl groups excluding tert-OH is 1. The van der Waals surface area contributed by atoms with Crippen molar-refractivity contribution < 1.29 is 23.1 Å². The summed E-state index contributed by atoms with van der Waals surface area (Å²) >= 11 is 12.5. The molecule has 4 rings (SSSR count). The van der Waals surface area contributed by atoms with Crippen LogP contribution in [0.3, 0.4) is 0 Å². The number of nitrogens with one attached hydrogen (secondary N) is 1. The molecule has 9 nitrogen and oxygen atoms in total. The molecule has 0 saturated carbocycles. The summed E-state index contributed by atoms with van der Waals surface area (Å²) in [6.07, 6.45) is 6.16. The van der Waals surface area contributed by atoms with Crippen molar-refractivity contribution >= 4 is 50.7 Å². The number of anilines is 1. The number of piperidine rings is 2. The van der Waals surface area contributed by atoms with E-state index in [2.05, 4.69) is 10.2 Å². The number of sulfonamides is 1. The highest BCUT2D eigenvalue weighted by Crippen LogP contribution is 2.30. The lowest BCUT2D eigenvalue weighted by Crippen LogP contribution is -2.45. The third kappa shape index (κ3) is 9.64. The van der Waals surface area contributed by atoms with Crippen LogP contribution in [0.2, 0.25) is 10.0 Å². The number of benzene rings is 2. The van der Waals surface area contributed by atoms with Gasteiger partial charge in [-0.2, -0.15) is 0 Å². The van der Waals surface area contributed by atoms with Gasteiger partial charge in [0.1, 0.15) is 0 Å². The number of nitrogens with zero attached hydrogens (tertiary/aromatic N) is 3. The van der Waals surface area contributed by atoms with Crippen LogP contribution < -0.4 is 10.2 Å². The molecular formula is C31H42Cl2N4O5S. The molecule has 236 valence electrons. The van der Waals surface area contributed by atoms with Gasteiger partial charge in [0.15, 0.2) is 0 Å². The quantitative estimate of drug-likeness (QED) is 0.358. The van der Waals surface area contributed by atoms with Crippen molar-refractivity contribution in [3.63, 3.8) is 0 Å². The number of likely N-dealkylation sites (tertiary alicyclic amines) is 1. The second-order valence-corrected chi connectivity index (χ2v) is 14.3. The normalized spacial score (nSPS) is 17.6. The maximum absolute atomic E-state index is 13.7. The first-order chi connectivity index (χ1) is 20.5. The highest BCUT2D eigenvalue weighted by Gasteiger charge is 2.32. The summed E-state index contributed by atoms with van der Waals surface area (Å²) in [7, 11) is -3.26. The lowest BCUT2D eigenvalue weighted by Gasteiger charge is -2.35. The third-order valence-corrected chi connectivity index (χ3v) is 10.5. The maximum atomic E-state index is 13.7. The van der Waals surface area contributed by atoms with Gasteiger partial charge >= 0.3 is 0 Å². The number of hydrogen-bond acceptors (Lipinski definition) is 6. The Morgan fingerprint density at radius 2 is 1.65 bits per heavy atom. The number of aliphatic hydroxyl groups is 1. The second-order valence-electron chi connectivity index (χ2n) is 11.5. The fourth-order valence-corrected chi connectivity index (χ4v) is 7.10. The molecular weight excluding hydrogens is 611 g/mol. The van der Waals surface area contributed by atoms with E-state index in [0.29, 0.717) is 59.7 Å². The average molecular weight is 654 g/mol. The number of hydrogen-bond donors (Lipinski definition) is 2. The molecule has 0 unspecified atom stereocenters. The number of halogens is 2. The topological polar surface area (TPSA) is 110 Å². The predicted molar refractivity (Wildman–Crippen MR) is 171 cm³/mol. The van der Waals surface area contributed by atoms with Gasteiger partial charge in [0.25, 0.3) is 5.91 Å². The summed E-state index contributed by atoms with van der Waals surface area (Å²) in [5, 5.41) is 12.4. The van der Waals surface area contributed by atoms with Gasteiger partial charge in [0.05, 0.1) is 22.9 Å². The Bertz CT molecular complexity index is 1340. The van der Waals surface area contributed by atoms with Gasteiger partial charge in [-0.3, -0.25) is 9.59 Å². The van der Waals surface area contributed by atoms with Crippen LogP contribution in [0.5, 0.6) is 0 Å². The predicted octanol–water partition coefficient (Wildman–Crippen LogP) is 4.06. The fraction of sp³-hybridized carbons (Fsp3) is 0.548. The van der Waals surface area contributed by atoms with Gasteiger partial charge in [-0.25, -0.2) is 12.7 Å². The van der Waals surface area contributed by atoms with Crippen molar-refractivity contribution in [3.05, 3.63) is 63.6 Å². The summed E-state index contributed by atoms with van der Waals surface area (Å²) in [6, 6.07) is 13.0. The van der Waals surface area contributed by atoms with Crippen molar-refractivity contribution in [3.8, 4) is 0 Å². The van der Waals surface area contributed by atoms with E-state index in [-0.39, 0.29) is 30.9 Å². The molecule has 0 aromatic heterocycles. The first-order valence-electron chi connectivity index (χ1n) is 15.0. The number of amides is 2. The second kappa shape index (κ2) is 15.7. The molecule has 2 saturated heterocycles. The molecule has 43 heavy (non-hydrogen) atoms. The van der Waals surface area contributed by atoms with E-state index in [1.54, 1.807) is 17.0 Å². The Balaban J connectivity index is 1.27. The van der Waals surface area contributed by atoms with Crippen molar-refractivity contribution in [1.82, 2.24) is 14.5 Å². The zero-order valence-corrected chi connectivity index (χ0v) is 27.0. The van der Waals surface area contributed by atoms with Crippen LogP contribution in [0.1, 0.15) is 48.0 Å². The summed E-state index contributed by atoms with van der Waals surface area (Å²) in [5.41, 5.74) is 2.52. The van der Waals surface area contributed by atoms with E-state index in [1.165, 1.54) is 16.1 Å². The Morgan fingerprint density at radius 1 is 0.977 bits per heavy atom. The number of carbonyl (C=O) groups excluding carboxylic acids is 2. The zero-order valence-electron chi connectivity index (χ0n) is 24.7. The van der Waals surface area contributed by atoms with Crippen LogP contribution in [0.25, 0.3) is 0 Å². The van der Waals surface area contributed by atoms with Crippen molar-refractivity contribution in [2.24, 2.45) is 11.8 Å². The van der Waals surface area contributed by atoms with Crippen molar-refractivity contribution in [2.45, 2.75) is 38.5 Å². The average Bonchev–Trinajstić information content (AvgIpc) is 3.00. The van der Waals surface area contributed by atoms with E-state index in [0.717, 1.165) is 45.3 Å². The van der Waals surface area contributed by atoms with Crippen LogP contribution in [0.4, 0.5) is 5.69 Å². The van der Waals surface area contributed by atoms with E-state index in [4.69, 9.17) is 28.3 Å². The first kappa shape index (κ1) is 33.7. The highest BCUT2D eigenvalue weighted by atomic mass is 35.5. The summed E-state index contributed by atoms with van der Waals surface area (Å²) in [4.78, 5) is 30.0. The van der Waals surface area contributed by atoms with Crippen LogP contribution in [-0.2, 0) is 21.2 Å². The van der Waals surface area contributed by atoms with Gasteiger partial charge in [-0.05, 0) is 100.0 Å². The molecule has 2 heterocycles. The summed E-state index contributed by atoms with van der Waals surface area (Å²) < 4.78 is 25.3. The molecule has 2 aliphatic heterocycles. The van der Waals surface area contributed by atoms with Crippen LogP contribution in [0, 0.1) is 11.8 Å². The van der Waals surface area contributed by atoms with Crippen LogP contribution >= 0.6 is 23.2 Å². The minimum absolute atomic E-state index is 0.00199. The molecule has 2 aliphatic rings. The standard InChI is InChI=1S/C31H42Cl2N4O5S/c1-43(41,42)36-18-11-26(12-19-36)31(40)37(27-7-8-28(32)29(33)22-27)15-2-14-35-16-9-24(10-17-35)21-23-3-5-25(6-4-23)30(39)34-13-20-38/h3-8,22,24,26,38H,2,9-21H2,1H3,(H,34,39). The molecule has 0 aliphatic carbocycles. The van der Waals surface area contributed by atoms with E-state index < -0.39 is 10.0 Å². The van der Waals surface area contributed by atoms with E-state index in [1.807, 2.05) is 30.3 Å². The van der Waals surface area contributed by atoms with E-state index in [9.17, 15) is 18.0 Å². The number of rotatable bonds is 12. The Hall–Kier alpha value is -2.21. The molecule has 2 fully saturated rings. The molecule has 0 spiro atoms. The fourth-order valence-electron chi connectivity index (χ4n) is 5.94. The van der Waals surface area contributed by atoms with Gasteiger partial charge < -0.3 is 20.2 Å². The zero-order chi connectivity index (χ0) is 31.0. The molecule has 2 N–H and O–H groups in total. The lowest BCUT2D eigenvalue weighted by molar-refractivity contribution is -0.123. The Kier molecular flexibility index (Phi) is 12.3. The Labute approximate surface area is 265 Å². The molecule has 0 atom stereocenters. The van der Waals surface area contributed by atoms with E-state index >= 15 is 0 Å². The smallest absolute Gasteiger partial charge is 0.251 e. The van der Waals surface area contributed by atoms with Gasteiger partial charge in [-0.15, -0.1) is 0 Å². The minimum atomic E-state index is -3.26. The molecule has 2 aromatic rings. The molecule has 12 heteroatoms.